The van der Waals surface area contributed by atoms with Crippen LogP contribution in [0.2, 0.25) is 0 Å². The Bertz CT molecular complexity index is 998. The van der Waals surface area contributed by atoms with Crippen molar-refractivity contribution in [1.29, 1.82) is 0 Å². The molecule has 1 aromatic heterocycles. The van der Waals surface area contributed by atoms with E-state index in [-0.39, 0.29) is 16.8 Å². The number of benzene rings is 2. The van der Waals surface area contributed by atoms with Crippen LogP contribution >= 0.6 is 0 Å². The molecule has 3 N–H and O–H groups in total. The molecule has 134 valence electrons. The summed E-state index contributed by atoms with van der Waals surface area (Å²) in [7, 11) is -3.78. The van der Waals surface area contributed by atoms with E-state index in [2.05, 4.69) is 15.4 Å². The Morgan fingerprint density at radius 3 is 2.31 bits per heavy atom. The van der Waals surface area contributed by atoms with Crippen LogP contribution in [0.5, 0.6) is 0 Å². The number of amides is 1. The molecule has 0 radical (unpaired) electrons. The molecule has 8 nitrogen and oxygen atoms in total. The van der Waals surface area contributed by atoms with Crippen LogP contribution in [0.4, 0.5) is 0 Å². The molecule has 0 bridgehead atoms. The van der Waals surface area contributed by atoms with E-state index in [0.29, 0.717) is 5.56 Å². The topological polar surface area (TPSA) is 120 Å². The van der Waals surface area contributed by atoms with Gasteiger partial charge in [-0.05, 0) is 48.9 Å². The summed E-state index contributed by atoms with van der Waals surface area (Å²) in [6, 6.07) is 12.8. The van der Waals surface area contributed by atoms with Crippen molar-refractivity contribution in [3.63, 3.8) is 0 Å². The average molecular weight is 371 g/mol. The second kappa shape index (κ2) is 7.06. The molecular weight excluding hydrogens is 354 g/mol. The summed E-state index contributed by atoms with van der Waals surface area (Å²) in [5.74, 6) is -0.307. The molecule has 1 atom stereocenters. The first-order valence-corrected chi connectivity index (χ1v) is 9.28. The fourth-order valence-corrected chi connectivity index (χ4v) is 2.93. The Balaban J connectivity index is 1.69. The number of rotatable bonds is 5. The average Bonchev–Trinajstić information content (AvgIpc) is 3.16. The van der Waals surface area contributed by atoms with Crippen LogP contribution in [0.1, 0.15) is 28.9 Å². The van der Waals surface area contributed by atoms with Crippen molar-refractivity contribution < 1.29 is 13.2 Å². The summed E-state index contributed by atoms with van der Waals surface area (Å²) >= 11 is 0. The highest BCUT2D eigenvalue weighted by molar-refractivity contribution is 7.89. The van der Waals surface area contributed by atoms with Gasteiger partial charge in [-0.25, -0.2) is 23.2 Å². The molecule has 3 aromatic rings. The molecular formula is C17H17N5O3S. The quantitative estimate of drug-likeness (QED) is 0.702. The zero-order chi connectivity index (χ0) is 18.7. The highest BCUT2D eigenvalue weighted by Gasteiger charge is 2.13. The lowest BCUT2D eigenvalue weighted by Gasteiger charge is -2.15. The Morgan fingerprint density at radius 2 is 1.77 bits per heavy atom. The minimum Gasteiger partial charge on any atom is -0.346 e. The number of nitrogens with one attached hydrogen (secondary N) is 1. The van der Waals surface area contributed by atoms with E-state index >= 15 is 0 Å². The fourth-order valence-electron chi connectivity index (χ4n) is 2.42. The monoisotopic (exact) mass is 371 g/mol. The molecule has 0 aliphatic carbocycles. The maximum Gasteiger partial charge on any atom is 0.251 e. The number of carbonyl (C=O) groups excluding carboxylic acids is 1. The van der Waals surface area contributed by atoms with E-state index in [0.717, 1.165) is 11.3 Å². The van der Waals surface area contributed by atoms with E-state index in [1.165, 1.54) is 30.6 Å². The molecule has 1 amide bonds. The van der Waals surface area contributed by atoms with Gasteiger partial charge in [0.25, 0.3) is 5.91 Å². The number of sulfonamides is 1. The highest BCUT2D eigenvalue weighted by atomic mass is 32.2. The third kappa shape index (κ3) is 3.95. The maximum atomic E-state index is 12.3. The van der Waals surface area contributed by atoms with Gasteiger partial charge < -0.3 is 5.32 Å². The second-order valence-corrected chi connectivity index (χ2v) is 7.26. The smallest absolute Gasteiger partial charge is 0.251 e. The second-order valence-electron chi connectivity index (χ2n) is 5.70. The largest absolute Gasteiger partial charge is 0.346 e. The normalized spacial score (nSPS) is 12.5. The Kier molecular flexibility index (Phi) is 4.83. The van der Waals surface area contributed by atoms with Crippen LogP contribution < -0.4 is 10.5 Å². The van der Waals surface area contributed by atoms with Crippen molar-refractivity contribution in [2.75, 3.05) is 0 Å². The Morgan fingerprint density at radius 1 is 1.12 bits per heavy atom. The highest BCUT2D eigenvalue weighted by Crippen LogP contribution is 2.16. The number of nitrogens with two attached hydrogens (primary N) is 1. The molecule has 1 heterocycles. The van der Waals surface area contributed by atoms with Crippen molar-refractivity contribution >= 4 is 15.9 Å². The first-order valence-electron chi connectivity index (χ1n) is 7.73. The van der Waals surface area contributed by atoms with E-state index in [1.54, 1.807) is 11.0 Å². The minimum atomic E-state index is -3.78. The number of carbonyl (C=O) groups is 1. The zero-order valence-electron chi connectivity index (χ0n) is 13.9. The summed E-state index contributed by atoms with van der Waals surface area (Å²) in [4.78, 5) is 16.2. The van der Waals surface area contributed by atoms with Crippen molar-refractivity contribution in [2.45, 2.75) is 17.9 Å². The van der Waals surface area contributed by atoms with Gasteiger partial charge in [-0.2, -0.15) is 5.10 Å². The van der Waals surface area contributed by atoms with Crippen LogP contribution in [0.25, 0.3) is 5.69 Å². The first-order chi connectivity index (χ1) is 12.3. The van der Waals surface area contributed by atoms with Crippen molar-refractivity contribution in [2.24, 2.45) is 5.14 Å². The van der Waals surface area contributed by atoms with E-state index in [1.807, 2.05) is 31.2 Å². The number of primary sulfonamides is 1. The third-order valence-electron chi connectivity index (χ3n) is 3.87. The van der Waals surface area contributed by atoms with Crippen LogP contribution in [-0.2, 0) is 10.0 Å². The molecule has 9 heteroatoms. The molecule has 0 fully saturated rings. The van der Waals surface area contributed by atoms with Gasteiger partial charge >= 0.3 is 0 Å². The van der Waals surface area contributed by atoms with Crippen molar-refractivity contribution in [3.05, 3.63) is 72.3 Å². The van der Waals surface area contributed by atoms with Crippen LogP contribution in [-0.4, -0.2) is 29.1 Å². The lowest BCUT2D eigenvalue weighted by molar-refractivity contribution is 0.0940. The predicted octanol–water partition coefficient (Wildman–Crippen LogP) is 1.41. The molecule has 0 spiro atoms. The summed E-state index contributed by atoms with van der Waals surface area (Å²) in [5, 5.41) is 12.0. The van der Waals surface area contributed by atoms with E-state index < -0.39 is 10.0 Å². The molecule has 0 aliphatic heterocycles. The fraction of sp³-hybridized carbons (Fsp3) is 0.118. The lowest BCUT2D eigenvalue weighted by atomic mass is 10.1. The van der Waals surface area contributed by atoms with Gasteiger partial charge in [0.2, 0.25) is 10.0 Å². The van der Waals surface area contributed by atoms with Gasteiger partial charge in [-0.3, -0.25) is 4.79 Å². The lowest BCUT2D eigenvalue weighted by Crippen LogP contribution is -2.26. The van der Waals surface area contributed by atoms with Crippen LogP contribution in [0.15, 0.2) is 66.1 Å². The Hall–Kier alpha value is -3.04. The summed E-state index contributed by atoms with van der Waals surface area (Å²) in [6.45, 7) is 1.86. The number of nitrogens with zero attached hydrogens (tertiary/aromatic N) is 3. The summed E-state index contributed by atoms with van der Waals surface area (Å²) in [5.41, 5.74) is 2.13. The van der Waals surface area contributed by atoms with Gasteiger partial charge in [0, 0.05) is 5.56 Å². The third-order valence-corrected chi connectivity index (χ3v) is 4.80. The molecule has 0 saturated carbocycles. The molecule has 0 saturated heterocycles. The first kappa shape index (κ1) is 17.8. The zero-order valence-corrected chi connectivity index (χ0v) is 14.7. The number of aromatic nitrogens is 3. The number of hydrogen-bond donors (Lipinski definition) is 2. The molecule has 3 rings (SSSR count). The Labute approximate surface area is 150 Å². The summed E-state index contributed by atoms with van der Waals surface area (Å²) < 4.78 is 24.2. The maximum absolute atomic E-state index is 12.3. The van der Waals surface area contributed by atoms with E-state index in [9.17, 15) is 13.2 Å². The minimum absolute atomic E-state index is 0.0363. The van der Waals surface area contributed by atoms with Gasteiger partial charge in [-0.1, -0.05) is 12.1 Å². The number of hydrogen-bond acceptors (Lipinski definition) is 5. The molecule has 26 heavy (non-hydrogen) atoms. The van der Waals surface area contributed by atoms with Gasteiger partial charge in [-0.15, -0.1) is 0 Å². The van der Waals surface area contributed by atoms with Crippen LogP contribution in [0, 0.1) is 0 Å². The predicted molar refractivity (Wildman–Crippen MR) is 95.1 cm³/mol. The van der Waals surface area contributed by atoms with Gasteiger partial charge in [0.05, 0.1) is 16.6 Å². The van der Waals surface area contributed by atoms with E-state index in [4.69, 9.17) is 5.14 Å². The van der Waals surface area contributed by atoms with Crippen molar-refractivity contribution in [3.8, 4) is 5.69 Å². The molecule has 0 aliphatic rings. The molecule has 1 unspecified atom stereocenters. The summed E-state index contributed by atoms with van der Waals surface area (Å²) in [6.07, 6.45) is 3.06. The molecule has 2 aromatic carbocycles. The van der Waals surface area contributed by atoms with Gasteiger partial charge in [0.15, 0.2) is 0 Å². The van der Waals surface area contributed by atoms with Crippen molar-refractivity contribution in [1.82, 2.24) is 20.1 Å². The standard InChI is InChI=1S/C17H17N5O3S/c1-12(13-2-6-15(7-3-13)22-11-19-10-20-22)21-17(23)14-4-8-16(9-5-14)26(18,24)25/h2-12H,1H3,(H,21,23)(H2,18,24,25). The SMILES string of the molecule is CC(NC(=O)c1ccc(S(N)(=O)=O)cc1)c1ccc(-n2cncn2)cc1. The van der Waals surface area contributed by atoms with Crippen LogP contribution in [0.3, 0.4) is 0 Å². The van der Waals surface area contributed by atoms with Gasteiger partial charge in [0.1, 0.15) is 12.7 Å².